The van der Waals surface area contributed by atoms with Crippen molar-refractivity contribution >= 4 is 17.7 Å². The third-order valence-electron chi connectivity index (χ3n) is 2.75. The van der Waals surface area contributed by atoms with Gasteiger partial charge in [0.2, 0.25) is 0 Å². The second-order valence-corrected chi connectivity index (χ2v) is 5.19. The Morgan fingerprint density at radius 1 is 1.50 bits per heavy atom. The van der Waals surface area contributed by atoms with Crippen molar-refractivity contribution < 1.29 is 9.90 Å². The molecule has 2 aromatic rings. The molecule has 7 nitrogen and oxygen atoms in total. The van der Waals surface area contributed by atoms with Crippen molar-refractivity contribution in [2.24, 2.45) is 0 Å². The van der Waals surface area contributed by atoms with Gasteiger partial charge < -0.3 is 5.11 Å². The Labute approximate surface area is 119 Å². The normalized spacial score (nSPS) is 10.8. The van der Waals surface area contributed by atoms with Gasteiger partial charge in [-0.15, -0.1) is 5.10 Å². The number of aromatic amines is 1. The van der Waals surface area contributed by atoms with Gasteiger partial charge in [0.05, 0.1) is 11.3 Å². The molecule has 0 aliphatic rings. The molecule has 0 saturated heterocycles. The van der Waals surface area contributed by atoms with Crippen LogP contribution in [-0.4, -0.2) is 30.8 Å². The molecule has 0 aliphatic heterocycles. The first-order valence-corrected chi connectivity index (χ1v) is 6.80. The summed E-state index contributed by atoms with van der Waals surface area (Å²) in [6, 6.07) is 1.68. The lowest BCUT2D eigenvalue weighted by Crippen LogP contribution is -2.16. The van der Waals surface area contributed by atoms with E-state index in [9.17, 15) is 14.7 Å². The van der Waals surface area contributed by atoms with Crippen LogP contribution in [0, 0.1) is 13.8 Å². The largest absolute Gasteiger partial charge is 0.478 e. The predicted molar refractivity (Wildman–Crippen MR) is 73.3 cm³/mol. The van der Waals surface area contributed by atoms with E-state index in [1.807, 2.05) is 6.92 Å². The molecule has 2 rings (SSSR count). The highest BCUT2D eigenvalue weighted by atomic mass is 32.2. The fraction of sp³-hybridized carbons (Fsp3) is 0.333. The van der Waals surface area contributed by atoms with E-state index in [0.29, 0.717) is 22.3 Å². The van der Waals surface area contributed by atoms with Crippen molar-refractivity contribution in [2.75, 3.05) is 0 Å². The van der Waals surface area contributed by atoms with Crippen LogP contribution >= 0.6 is 11.8 Å². The number of carboxylic acids is 1. The molecule has 8 heteroatoms. The van der Waals surface area contributed by atoms with Crippen LogP contribution in [0.2, 0.25) is 0 Å². The minimum absolute atomic E-state index is 0.138. The summed E-state index contributed by atoms with van der Waals surface area (Å²) in [5, 5.41) is 16.0. The molecular formula is C12H14N4O3S. The fourth-order valence-corrected chi connectivity index (χ4v) is 3.07. The van der Waals surface area contributed by atoms with E-state index in [1.54, 1.807) is 19.9 Å². The molecule has 20 heavy (non-hydrogen) atoms. The first kappa shape index (κ1) is 14.3. The number of nitrogens with zero attached hydrogens (tertiary/aromatic N) is 3. The van der Waals surface area contributed by atoms with Crippen molar-refractivity contribution in [3.05, 3.63) is 33.5 Å². The highest BCUT2D eigenvalue weighted by Gasteiger charge is 2.18. The van der Waals surface area contributed by atoms with Crippen LogP contribution in [0.25, 0.3) is 0 Å². The Balaban J connectivity index is 2.53. The Hall–Kier alpha value is -2.09. The summed E-state index contributed by atoms with van der Waals surface area (Å²) in [6.07, 6.45) is 0. The molecular weight excluding hydrogens is 280 g/mol. The van der Waals surface area contributed by atoms with Gasteiger partial charge in [0.25, 0.3) is 0 Å². The average Bonchev–Trinajstić information content (AvgIpc) is 2.68. The Kier molecular flexibility index (Phi) is 3.93. The van der Waals surface area contributed by atoms with Crippen LogP contribution in [0.5, 0.6) is 0 Å². The van der Waals surface area contributed by atoms with E-state index in [-0.39, 0.29) is 11.3 Å². The van der Waals surface area contributed by atoms with Crippen LogP contribution in [-0.2, 0) is 6.54 Å². The number of aromatic nitrogens is 4. The minimum atomic E-state index is -1.04. The molecule has 0 amide bonds. The maximum Gasteiger partial charge on any atom is 0.343 e. The smallest absolute Gasteiger partial charge is 0.343 e. The lowest BCUT2D eigenvalue weighted by molar-refractivity contribution is 0.0691. The van der Waals surface area contributed by atoms with Crippen molar-refractivity contribution in [1.82, 2.24) is 19.7 Å². The fourth-order valence-electron chi connectivity index (χ4n) is 1.89. The quantitative estimate of drug-likeness (QED) is 0.885. The topological polar surface area (TPSA) is 101 Å². The van der Waals surface area contributed by atoms with Crippen molar-refractivity contribution in [3.63, 3.8) is 0 Å². The third-order valence-corrected chi connectivity index (χ3v) is 3.78. The van der Waals surface area contributed by atoms with Crippen LogP contribution in [0.1, 0.15) is 28.7 Å². The van der Waals surface area contributed by atoms with Crippen LogP contribution < -0.4 is 5.69 Å². The van der Waals surface area contributed by atoms with E-state index in [4.69, 9.17) is 0 Å². The van der Waals surface area contributed by atoms with E-state index in [0.717, 1.165) is 17.5 Å². The summed E-state index contributed by atoms with van der Waals surface area (Å²) >= 11 is 1.14. The maximum atomic E-state index is 11.5. The number of aryl methyl sites for hydroxylation is 2. The average molecular weight is 294 g/mol. The molecule has 2 heterocycles. The van der Waals surface area contributed by atoms with Gasteiger partial charge in [-0.3, -0.25) is 9.55 Å². The summed E-state index contributed by atoms with van der Waals surface area (Å²) in [5.41, 5.74) is 0.991. The Morgan fingerprint density at radius 3 is 2.80 bits per heavy atom. The summed E-state index contributed by atoms with van der Waals surface area (Å²) in [6.45, 7) is 5.73. The van der Waals surface area contributed by atoms with Gasteiger partial charge in [0, 0.05) is 17.1 Å². The zero-order valence-electron chi connectivity index (χ0n) is 11.3. The van der Waals surface area contributed by atoms with Gasteiger partial charge in [-0.2, -0.15) is 0 Å². The summed E-state index contributed by atoms with van der Waals surface area (Å²) in [5.74, 6) is -1.04. The van der Waals surface area contributed by atoms with E-state index >= 15 is 0 Å². The standard InChI is InChI=1S/C12H14N4O3S/c1-4-16-11(19)14-15-12(16)20-8-5-6(2)13-7(3)9(8)10(17)18/h5H,4H2,1-3H3,(H,14,19)(H,17,18). The highest BCUT2D eigenvalue weighted by molar-refractivity contribution is 7.99. The molecule has 0 spiro atoms. The second kappa shape index (κ2) is 5.49. The van der Waals surface area contributed by atoms with Crippen molar-refractivity contribution in [1.29, 1.82) is 0 Å². The molecule has 0 aliphatic carbocycles. The van der Waals surface area contributed by atoms with Gasteiger partial charge in [-0.1, -0.05) is 0 Å². The number of pyridine rings is 1. The second-order valence-electron chi connectivity index (χ2n) is 4.18. The molecule has 0 saturated carbocycles. The van der Waals surface area contributed by atoms with Gasteiger partial charge >= 0.3 is 11.7 Å². The molecule has 0 atom stereocenters. The van der Waals surface area contributed by atoms with Gasteiger partial charge in [-0.05, 0) is 38.6 Å². The number of carbonyl (C=O) groups is 1. The lowest BCUT2D eigenvalue weighted by Gasteiger charge is -2.09. The Morgan fingerprint density at radius 2 is 2.20 bits per heavy atom. The molecule has 2 N–H and O–H groups in total. The van der Waals surface area contributed by atoms with Gasteiger partial charge in [-0.25, -0.2) is 14.7 Å². The highest BCUT2D eigenvalue weighted by Crippen LogP contribution is 2.30. The van der Waals surface area contributed by atoms with Crippen molar-refractivity contribution in [2.45, 2.75) is 37.4 Å². The molecule has 2 aromatic heterocycles. The number of aromatic carboxylic acids is 1. The number of hydrogen-bond acceptors (Lipinski definition) is 5. The monoisotopic (exact) mass is 294 g/mol. The van der Waals surface area contributed by atoms with Crippen LogP contribution in [0.3, 0.4) is 0 Å². The first-order chi connectivity index (χ1) is 9.43. The lowest BCUT2D eigenvalue weighted by atomic mass is 10.2. The zero-order valence-corrected chi connectivity index (χ0v) is 12.1. The SMILES string of the molecule is CCn1c(Sc2cc(C)nc(C)c2C(=O)O)n[nH]c1=O. The van der Waals surface area contributed by atoms with Gasteiger partial charge in [0.15, 0.2) is 5.16 Å². The van der Waals surface area contributed by atoms with E-state index in [2.05, 4.69) is 15.2 Å². The number of nitrogens with one attached hydrogen (secondary N) is 1. The molecule has 0 bridgehead atoms. The molecule has 0 fully saturated rings. The summed E-state index contributed by atoms with van der Waals surface area (Å²) in [4.78, 5) is 27.5. The van der Waals surface area contributed by atoms with E-state index in [1.165, 1.54) is 4.57 Å². The summed E-state index contributed by atoms with van der Waals surface area (Å²) < 4.78 is 1.45. The molecule has 0 unspecified atom stereocenters. The number of carboxylic acid groups (broad SMARTS) is 1. The number of H-pyrrole nitrogens is 1. The molecule has 106 valence electrons. The number of hydrogen-bond donors (Lipinski definition) is 2. The Bertz CT molecular complexity index is 720. The predicted octanol–water partition coefficient (Wildman–Crippen LogP) is 1.45. The van der Waals surface area contributed by atoms with E-state index < -0.39 is 5.97 Å². The maximum absolute atomic E-state index is 11.5. The molecule has 0 aromatic carbocycles. The minimum Gasteiger partial charge on any atom is -0.478 e. The van der Waals surface area contributed by atoms with Crippen LogP contribution in [0.4, 0.5) is 0 Å². The summed E-state index contributed by atoms with van der Waals surface area (Å²) in [7, 11) is 0. The van der Waals surface area contributed by atoms with Gasteiger partial charge in [0.1, 0.15) is 0 Å². The first-order valence-electron chi connectivity index (χ1n) is 5.98. The zero-order chi connectivity index (χ0) is 14.9. The molecule has 0 radical (unpaired) electrons. The number of rotatable bonds is 4. The van der Waals surface area contributed by atoms with Crippen molar-refractivity contribution in [3.8, 4) is 0 Å². The van der Waals surface area contributed by atoms with Crippen LogP contribution in [0.15, 0.2) is 20.9 Å². The third kappa shape index (κ3) is 2.60.